The molecule has 16 heteroatoms. The summed E-state index contributed by atoms with van der Waals surface area (Å²) < 4.78 is 36.2. The standard InChI is InChI=1S/C47H76O16/c1-21(2)23-11-16-47(42(57)63-40-37(56)35(54)33(52)26(19-48)60-40)18-17-45(7)24(30(23)47)9-10-28-44(6)14-13-29(43(4,5)27(44)12-15-46(28,45)8)61-41-38(32(51)25(49)20-58-41)62-39-36(55)34(53)31(50)22(3)59-39/h22-41,48-56H,1,9-20H2,2-8H3/t22-,23-,24-,25-,26+,27+,28+,29-,30+,31-,32-,33+,34+,35-,36+,37+,38+,39-,40-,41-,44-,45+,46+,47-/m0/s1. The van der Waals surface area contributed by atoms with Crippen molar-refractivity contribution in [1.82, 2.24) is 0 Å². The van der Waals surface area contributed by atoms with E-state index in [9.17, 15) is 50.8 Å². The highest BCUT2D eigenvalue weighted by molar-refractivity contribution is 5.78. The van der Waals surface area contributed by atoms with E-state index in [4.69, 9.17) is 28.4 Å². The summed E-state index contributed by atoms with van der Waals surface area (Å²) in [6, 6.07) is 0. The normalized spacial score (nSPS) is 55.4. The number of fused-ring (bicyclic) bond motifs is 7. The van der Waals surface area contributed by atoms with Crippen LogP contribution in [0.4, 0.5) is 0 Å². The van der Waals surface area contributed by atoms with Gasteiger partial charge in [-0.2, -0.15) is 0 Å². The molecule has 360 valence electrons. The van der Waals surface area contributed by atoms with Crippen molar-refractivity contribution in [2.24, 2.45) is 56.7 Å². The molecule has 8 rings (SSSR count). The van der Waals surface area contributed by atoms with Gasteiger partial charge in [-0.25, -0.2) is 0 Å². The molecule has 3 aliphatic heterocycles. The number of aliphatic hydroxyl groups excluding tert-OH is 9. The zero-order valence-electron chi connectivity index (χ0n) is 38.1. The topological polar surface area (TPSA) is 255 Å². The minimum atomic E-state index is -1.67. The number of esters is 1. The van der Waals surface area contributed by atoms with Gasteiger partial charge in [0.15, 0.2) is 12.6 Å². The summed E-state index contributed by atoms with van der Waals surface area (Å²) in [6.45, 7) is 19.1. The fourth-order valence-electron chi connectivity index (χ4n) is 15.6. The minimum absolute atomic E-state index is 0.0498. The van der Waals surface area contributed by atoms with Crippen LogP contribution in [-0.4, -0.2) is 157 Å². The summed E-state index contributed by atoms with van der Waals surface area (Å²) in [5.74, 6) is 0.399. The molecule has 63 heavy (non-hydrogen) atoms. The van der Waals surface area contributed by atoms with E-state index < -0.39 is 104 Å². The largest absolute Gasteiger partial charge is 0.432 e. The lowest BCUT2D eigenvalue weighted by atomic mass is 9.32. The number of rotatable bonds is 8. The van der Waals surface area contributed by atoms with E-state index in [2.05, 4.69) is 48.1 Å². The van der Waals surface area contributed by atoms with Crippen LogP contribution < -0.4 is 0 Å². The van der Waals surface area contributed by atoms with E-state index in [0.717, 1.165) is 50.5 Å². The first-order valence-electron chi connectivity index (χ1n) is 23.6. The van der Waals surface area contributed by atoms with Crippen LogP contribution in [0.1, 0.15) is 113 Å². The molecule has 0 aromatic heterocycles. The highest BCUT2D eigenvalue weighted by Crippen LogP contribution is 2.78. The van der Waals surface area contributed by atoms with Crippen LogP contribution in [0.15, 0.2) is 12.2 Å². The van der Waals surface area contributed by atoms with Gasteiger partial charge in [-0.3, -0.25) is 4.79 Å². The second-order valence-corrected chi connectivity index (χ2v) is 22.5. The van der Waals surface area contributed by atoms with Crippen LogP contribution in [0.25, 0.3) is 0 Å². The summed E-state index contributed by atoms with van der Waals surface area (Å²) in [4.78, 5) is 14.7. The molecule has 8 aliphatic rings. The van der Waals surface area contributed by atoms with E-state index in [1.807, 2.05) is 0 Å². The number of allylic oxidation sites excluding steroid dienone is 1. The Hall–Kier alpha value is -1.35. The Labute approximate surface area is 371 Å². The van der Waals surface area contributed by atoms with Gasteiger partial charge < -0.3 is 74.4 Å². The number of aliphatic hydroxyl groups is 9. The molecule has 0 amide bonds. The molecule has 16 nitrogen and oxygen atoms in total. The van der Waals surface area contributed by atoms with Gasteiger partial charge in [0.2, 0.25) is 6.29 Å². The smallest absolute Gasteiger partial charge is 0.314 e. The van der Waals surface area contributed by atoms with Crippen molar-refractivity contribution in [2.75, 3.05) is 13.2 Å². The molecule has 0 radical (unpaired) electrons. The van der Waals surface area contributed by atoms with Crippen LogP contribution in [0.5, 0.6) is 0 Å². The predicted molar refractivity (Wildman–Crippen MR) is 223 cm³/mol. The first-order valence-corrected chi connectivity index (χ1v) is 23.6. The molecule has 3 heterocycles. The minimum Gasteiger partial charge on any atom is -0.432 e. The van der Waals surface area contributed by atoms with Crippen molar-refractivity contribution in [3.05, 3.63) is 12.2 Å². The number of ether oxygens (including phenoxy) is 6. The van der Waals surface area contributed by atoms with Crippen LogP contribution in [0.3, 0.4) is 0 Å². The SMILES string of the molecule is C=C(C)[C@@H]1CC[C@]2(C(=O)O[C@@H]3O[C@H](CO)[C@@H](O)[C@H](O)[C@H]3O)CC[C@]3(C)[C@@H](CC[C@@H]4[C@@]5(C)CC[C@H](O[C@@H]6OC[C@H](O)[C@H](O)[C@H]6O[C@@H]6O[C@@H](C)[C@H](O)[C@@H](O)[C@H]6O)C(C)(C)[C@H]5CC[C@]43C)[C@@H]12. The maximum absolute atomic E-state index is 14.7. The van der Waals surface area contributed by atoms with Gasteiger partial charge in [0.05, 0.1) is 30.8 Å². The number of carbonyl (C=O) groups is 1. The second-order valence-electron chi connectivity index (χ2n) is 22.5. The fourth-order valence-corrected chi connectivity index (χ4v) is 15.6. The predicted octanol–water partition coefficient (Wildman–Crippen LogP) is 1.66. The fraction of sp³-hybridized carbons (Fsp3) is 0.936. The van der Waals surface area contributed by atoms with E-state index in [0.29, 0.717) is 25.2 Å². The Morgan fingerprint density at radius 1 is 0.683 bits per heavy atom. The van der Waals surface area contributed by atoms with Crippen LogP contribution in [0, 0.1) is 56.7 Å². The molecular weight excluding hydrogens is 821 g/mol. The third kappa shape index (κ3) is 7.33. The van der Waals surface area contributed by atoms with Crippen LogP contribution in [0.2, 0.25) is 0 Å². The third-order valence-corrected chi connectivity index (χ3v) is 19.3. The monoisotopic (exact) mass is 897 g/mol. The molecule has 5 aliphatic carbocycles. The average molecular weight is 897 g/mol. The van der Waals surface area contributed by atoms with Gasteiger partial charge in [0.25, 0.3) is 0 Å². The van der Waals surface area contributed by atoms with E-state index in [1.165, 1.54) is 0 Å². The van der Waals surface area contributed by atoms with Crippen molar-refractivity contribution in [3.63, 3.8) is 0 Å². The molecule has 0 aromatic rings. The molecule has 8 fully saturated rings. The molecule has 9 N–H and O–H groups in total. The van der Waals surface area contributed by atoms with Gasteiger partial charge in [-0.1, -0.05) is 46.8 Å². The van der Waals surface area contributed by atoms with Crippen LogP contribution >= 0.6 is 0 Å². The summed E-state index contributed by atoms with van der Waals surface area (Å²) in [6.07, 6.45) is -11.5. The zero-order valence-corrected chi connectivity index (χ0v) is 38.1. The first-order chi connectivity index (χ1) is 29.5. The zero-order chi connectivity index (χ0) is 45.9. The molecule has 0 bridgehead atoms. The highest BCUT2D eigenvalue weighted by atomic mass is 16.8. The maximum atomic E-state index is 14.7. The summed E-state index contributed by atoms with van der Waals surface area (Å²) in [5, 5.41) is 94.8. The van der Waals surface area contributed by atoms with Crippen molar-refractivity contribution in [1.29, 1.82) is 0 Å². The molecule has 0 aromatic carbocycles. The van der Waals surface area contributed by atoms with E-state index in [-0.39, 0.29) is 58.0 Å². The molecule has 3 saturated heterocycles. The molecular formula is C47H76O16. The lowest BCUT2D eigenvalue weighted by Crippen LogP contribution is -2.68. The van der Waals surface area contributed by atoms with Crippen LogP contribution in [-0.2, 0) is 33.2 Å². The molecule has 24 atom stereocenters. The Morgan fingerprint density at radius 2 is 1.37 bits per heavy atom. The number of hydrogen-bond donors (Lipinski definition) is 9. The van der Waals surface area contributed by atoms with Crippen molar-refractivity contribution in [2.45, 2.75) is 205 Å². The Balaban J connectivity index is 1.01. The van der Waals surface area contributed by atoms with Crippen molar-refractivity contribution >= 4 is 5.97 Å². The summed E-state index contributed by atoms with van der Waals surface area (Å²) in [5.41, 5.74) is -0.412. The van der Waals surface area contributed by atoms with Crippen molar-refractivity contribution in [3.8, 4) is 0 Å². The third-order valence-electron chi connectivity index (χ3n) is 19.3. The average Bonchev–Trinajstić information content (AvgIpc) is 3.64. The lowest BCUT2D eigenvalue weighted by molar-refractivity contribution is -0.365. The van der Waals surface area contributed by atoms with Crippen molar-refractivity contribution < 1.29 is 79.2 Å². The van der Waals surface area contributed by atoms with Gasteiger partial charge in [-0.15, -0.1) is 0 Å². The maximum Gasteiger partial charge on any atom is 0.314 e. The Kier molecular flexibility index (Phi) is 13.0. The van der Waals surface area contributed by atoms with Gasteiger partial charge in [0.1, 0.15) is 61.0 Å². The number of carbonyl (C=O) groups excluding carboxylic acids is 1. The molecule has 0 spiro atoms. The van der Waals surface area contributed by atoms with E-state index in [1.54, 1.807) is 6.92 Å². The molecule has 5 saturated carbocycles. The quantitative estimate of drug-likeness (QED) is 0.0955. The van der Waals surface area contributed by atoms with Gasteiger partial charge >= 0.3 is 5.97 Å². The highest BCUT2D eigenvalue weighted by Gasteiger charge is 2.73. The van der Waals surface area contributed by atoms with Gasteiger partial charge in [0, 0.05) is 0 Å². The first kappa shape index (κ1) is 48.1. The van der Waals surface area contributed by atoms with E-state index >= 15 is 0 Å². The Morgan fingerprint density at radius 3 is 2.05 bits per heavy atom. The lowest BCUT2D eigenvalue weighted by Gasteiger charge is -2.73. The summed E-state index contributed by atoms with van der Waals surface area (Å²) >= 11 is 0. The summed E-state index contributed by atoms with van der Waals surface area (Å²) in [7, 11) is 0. The van der Waals surface area contributed by atoms with Gasteiger partial charge in [-0.05, 0) is 129 Å². The number of hydrogen-bond acceptors (Lipinski definition) is 16. The second kappa shape index (κ2) is 17.0. The Bertz CT molecular complexity index is 1700. The molecule has 0 unspecified atom stereocenters.